The molecule has 1 heterocycles. The zero-order valence-electron chi connectivity index (χ0n) is 20.7. The SMILES string of the molecule is CC(=O)NC1C(O)[C@@H](O)C(CO)O[C@H]1OCCOCCOCCNC(=O)c1ccc2cc(N)ccc2c1. The van der Waals surface area contributed by atoms with Crippen LogP contribution in [0.4, 0.5) is 5.69 Å². The molecular formula is C25H35N3O9. The number of anilines is 1. The van der Waals surface area contributed by atoms with E-state index in [0.717, 1.165) is 10.8 Å². The van der Waals surface area contributed by atoms with Gasteiger partial charge in [-0.15, -0.1) is 0 Å². The van der Waals surface area contributed by atoms with Crippen LogP contribution in [0.25, 0.3) is 10.8 Å². The Kier molecular flexibility index (Phi) is 11.0. The Morgan fingerprint density at radius 1 is 0.973 bits per heavy atom. The first kappa shape index (κ1) is 28.7. The van der Waals surface area contributed by atoms with Crippen LogP contribution in [0.5, 0.6) is 0 Å². The zero-order valence-corrected chi connectivity index (χ0v) is 20.7. The van der Waals surface area contributed by atoms with Gasteiger partial charge in [-0.05, 0) is 35.0 Å². The second kappa shape index (κ2) is 14.2. The van der Waals surface area contributed by atoms with Crippen molar-refractivity contribution in [3.05, 3.63) is 42.0 Å². The lowest BCUT2D eigenvalue weighted by Crippen LogP contribution is -2.64. The van der Waals surface area contributed by atoms with E-state index in [4.69, 9.17) is 24.7 Å². The highest BCUT2D eigenvalue weighted by molar-refractivity contribution is 5.99. The van der Waals surface area contributed by atoms with Crippen molar-refractivity contribution in [3.8, 4) is 0 Å². The number of fused-ring (bicyclic) bond motifs is 1. The minimum Gasteiger partial charge on any atom is -0.399 e. The zero-order chi connectivity index (χ0) is 26.8. The summed E-state index contributed by atoms with van der Waals surface area (Å²) in [6, 6.07) is 9.94. The van der Waals surface area contributed by atoms with Crippen molar-refractivity contribution in [1.82, 2.24) is 10.6 Å². The Morgan fingerprint density at radius 2 is 1.65 bits per heavy atom. The third-order valence-electron chi connectivity index (χ3n) is 5.79. The molecule has 204 valence electrons. The van der Waals surface area contributed by atoms with Gasteiger partial charge in [-0.3, -0.25) is 9.59 Å². The molecule has 0 radical (unpaired) electrons. The number of ether oxygens (including phenoxy) is 4. The lowest BCUT2D eigenvalue weighted by Gasteiger charge is -2.42. The summed E-state index contributed by atoms with van der Waals surface area (Å²) in [5.74, 6) is -0.623. The van der Waals surface area contributed by atoms with Crippen LogP contribution < -0.4 is 16.4 Å². The predicted octanol–water partition coefficient (Wildman–Crippen LogP) is -0.855. The molecule has 1 aliphatic rings. The van der Waals surface area contributed by atoms with Crippen LogP contribution in [0.3, 0.4) is 0 Å². The molecule has 3 unspecified atom stereocenters. The molecule has 12 heteroatoms. The molecule has 7 N–H and O–H groups in total. The minimum atomic E-state index is -1.37. The Morgan fingerprint density at radius 3 is 2.38 bits per heavy atom. The number of nitrogens with one attached hydrogen (secondary N) is 2. The molecule has 0 spiro atoms. The number of nitrogen functional groups attached to an aromatic ring is 1. The molecule has 2 amide bonds. The van der Waals surface area contributed by atoms with Crippen LogP contribution in [0.15, 0.2) is 36.4 Å². The van der Waals surface area contributed by atoms with E-state index in [0.29, 0.717) is 31.0 Å². The molecule has 1 saturated heterocycles. The largest absolute Gasteiger partial charge is 0.399 e. The fourth-order valence-corrected chi connectivity index (χ4v) is 3.90. The summed E-state index contributed by atoms with van der Waals surface area (Å²) < 4.78 is 21.9. The molecule has 2 aromatic carbocycles. The Bertz CT molecular complexity index is 1040. The third-order valence-corrected chi connectivity index (χ3v) is 5.79. The standard InChI is InChI=1S/C25H35N3O9/c1-15(30)28-21-23(32)22(31)20(14-29)37-25(21)36-11-10-35-9-8-34-7-6-27-24(33)18-3-2-17-13-19(26)5-4-16(17)12-18/h2-5,12-13,20-23,25,29,31-32H,6-11,14,26H2,1H3,(H,27,33)(H,28,30)/t20?,21?,22-,23?,25+/m0/s1. The average molecular weight is 522 g/mol. The van der Waals surface area contributed by atoms with Gasteiger partial charge < -0.3 is 50.6 Å². The maximum absolute atomic E-state index is 12.3. The van der Waals surface area contributed by atoms with E-state index in [-0.39, 0.29) is 25.7 Å². The van der Waals surface area contributed by atoms with E-state index in [1.165, 1.54) is 6.92 Å². The number of rotatable bonds is 13. The van der Waals surface area contributed by atoms with Crippen molar-refractivity contribution < 1.29 is 43.9 Å². The third kappa shape index (κ3) is 8.33. The van der Waals surface area contributed by atoms with Crippen LogP contribution in [-0.2, 0) is 23.7 Å². The van der Waals surface area contributed by atoms with Gasteiger partial charge in [0.05, 0.1) is 39.6 Å². The van der Waals surface area contributed by atoms with Crippen LogP contribution in [0.1, 0.15) is 17.3 Å². The van der Waals surface area contributed by atoms with E-state index in [1.54, 1.807) is 12.1 Å². The highest BCUT2D eigenvalue weighted by atomic mass is 16.7. The number of carbonyl (C=O) groups excluding carboxylic acids is 2. The number of hydrogen-bond acceptors (Lipinski definition) is 10. The van der Waals surface area contributed by atoms with Crippen molar-refractivity contribution in [2.75, 3.05) is 51.9 Å². The van der Waals surface area contributed by atoms with Gasteiger partial charge in [-0.25, -0.2) is 0 Å². The van der Waals surface area contributed by atoms with Crippen molar-refractivity contribution in [2.45, 2.75) is 37.6 Å². The fraction of sp³-hybridized carbons (Fsp3) is 0.520. The Labute approximate surface area is 214 Å². The summed E-state index contributed by atoms with van der Waals surface area (Å²) in [6.07, 6.45) is -4.84. The van der Waals surface area contributed by atoms with Gasteiger partial charge in [0.1, 0.15) is 24.4 Å². The van der Waals surface area contributed by atoms with Gasteiger partial charge >= 0.3 is 0 Å². The molecule has 5 atom stereocenters. The van der Waals surface area contributed by atoms with Crippen LogP contribution in [0, 0.1) is 0 Å². The molecule has 37 heavy (non-hydrogen) atoms. The van der Waals surface area contributed by atoms with Gasteiger partial charge in [0.25, 0.3) is 5.91 Å². The molecule has 2 aromatic rings. The van der Waals surface area contributed by atoms with Crippen LogP contribution in [-0.4, -0.2) is 104 Å². The fourth-order valence-electron chi connectivity index (χ4n) is 3.90. The summed E-state index contributed by atoms with van der Waals surface area (Å²) in [4.78, 5) is 23.8. The first-order chi connectivity index (χ1) is 17.8. The van der Waals surface area contributed by atoms with E-state index >= 15 is 0 Å². The van der Waals surface area contributed by atoms with E-state index < -0.39 is 43.2 Å². The second-order valence-electron chi connectivity index (χ2n) is 8.61. The number of amides is 2. The van der Waals surface area contributed by atoms with Gasteiger partial charge in [-0.1, -0.05) is 12.1 Å². The first-order valence-electron chi connectivity index (χ1n) is 12.0. The summed E-state index contributed by atoms with van der Waals surface area (Å²) in [6.45, 7) is 2.25. The number of hydrogen-bond donors (Lipinski definition) is 6. The van der Waals surface area contributed by atoms with E-state index in [2.05, 4.69) is 10.6 Å². The maximum Gasteiger partial charge on any atom is 0.251 e. The van der Waals surface area contributed by atoms with Crippen molar-refractivity contribution in [1.29, 1.82) is 0 Å². The number of aliphatic hydroxyl groups is 3. The summed E-state index contributed by atoms with van der Waals surface area (Å²) in [5.41, 5.74) is 7.00. The molecule has 0 aliphatic carbocycles. The normalized spacial score (nSPS) is 23.6. The van der Waals surface area contributed by atoms with Crippen molar-refractivity contribution >= 4 is 28.3 Å². The Hall–Kier alpha value is -2.84. The molecule has 1 fully saturated rings. The summed E-state index contributed by atoms with van der Waals surface area (Å²) in [5, 5.41) is 36.8. The highest BCUT2D eigenvalue weighted by Gasteiger charge is 2.45. The lowest BCUT2D eigenvalue weighted by atomic mass is 9.97. The number of aliphatic hydroxyl groups excluding tert-OH is 3. The molecule has 0 aromatic heterocycles. The molecule has 1 aliphatic heterocycles. The molecule has 0 saturated carbocycles. The molecule has 12 nitrogen and oxygen atoms in total. The monoisotopic (exact) mass is 521 g/mol. The minimum absolute atomic E-state index is 0.0795. The van der Waals surface area contributed by atoms with E-state index in [1.807, 2.05) is 24.3 Å². The van der Waals surface area contributed by atoms with Crippen molar-refractivity contribution in [3.63, 3.8) is 0 Å². The predicted molar refractivity (Wildman–Crippen MR) is 134 cm³/mol. The molecule has 3 rings (SSSR count). The van der Waals surface area contributed by atoms with Gasteiger partial charge in [0.2, 0.25) is 5.91 Å². The van der Waals surface area contributed by atoms with Gasteiger partial charge in [0.15, 0.2) is 6.29 Å². The van der Waals surface area contributed by atoms with E-state index in [9.17, 15) is 24.9 Å². The topological polar surface area (TPSA) is 182 Å². The average Bonchev–Trinajstić information content (AvgIpc) is 2.88. The lowest BCUT2D eigenvalue weighted by molar-refractivity contribution is -0.272. The van der Waals surface area contributed by atoms with Gasteiger partial charge in [0, 0.05) is 24.7 Å². The number of benzene rings is 2. The van der Waals surface area contributed by atoms with Gasteiger partial charge in [-0.2, -0.15) is 0 Å². The summed E-state index contributed by atoms with van der Waals surface area (Å²) in [7, 11) is 0. The highest BCUT2D eigenvalue weighted by Crippen LogP contribution is 2.22. The van der Waals surface area contributed by atoms with Crippen LogP contribution >= 0.6 is 0 Å². The molecule has 0 bridgehead atoms. The van der Waals surface area contributed by atoms with Crippen molar-refractivity contribution in [2.24, 2.45) is 0 Å². The smallest absolute Gasteiger partial charge is 0.251 e. The number of carbonyl (C=O) groups is 2. The number of nitrogens with two attached hydrogens (primary N) is 1. The summed E-state index contributed by atoms with van der Waals surface area (Å²) >= 11 is 0. The first-order valence-corrected chi connectivity index (χ1v) is 12.0. The Balaban J connectivity index is 1.27. The second-order valence-corrected chi connectivity index (χ2v) is 8.61. The molecular weight excluding hydrogens is 486 g/mol. The maximum atomic E-state index is 12.3. The van der Waals surface area contributed by atoms with Crippen LogP contribution in [0.2, 0.25) is 0 Å². The quantitative estimate of drug-likeness (QED) is 0.143.